The number of aromatic nitrogens is 2. The van der Waals surface area contributed by atoms with Crippen LogP contribution < -0.4 is 0 Å². The minimum absolute atomic E-state index is 0.174. The zero-order valence-electron chi connectivity index (χ0n) is 7.35. The van der Waals surface area contributed by atoms with E-state index in [9.17, 15) is 0 Å². The first-order valence-corrected chi connectivity index (χ1v) is 4.40. The Morgan fingerprint density at radius 3 is 2.18 bits per heavy atom. The van der Waals surface area contributed by atoms with Gasteiger partial charge in [-0.25, -0.2) is 0 Å². The fourth-order valence-corrected chi connectivity index (χ4v) is 1.91. The average Bonchev–Trinajstić information content (AvgIpc) is 2.08. The van der Waals surface area contributed by atoms with Gasteiger partial charge in [0.25, 0.3) is 0 Å². The van der Waals surface area contributed by atoms with E-state index in [1.807, 2.05) is 17.9 Å². The lowest BCUT2D eigenvalue weighted by molar-refractivity contribution is 0.586. The van der Waals surface area contributed by atoms with Crippen LogP contribution in [0.25, 0.3) is 0 Å². The van der Waals surface area contributed by atoms with Crippen LogP contribution in [-0.4, -0.2) is 9.78 Å². The van der Waals surface area contributed by atoms with Crippen LogP contribution in [0.15, 0.2) is 10.8 Å². The van der Waals surface area contributed by atoms with Gasteiger partial charge in [-0.1, -0.05) is 20.8 Å². The van der Waals surface area contributed by atoms with Crippen molar-refractivity contribution < 1.29 is 0 Å². The predicted molar refractivity (Wildman–Crippen MR) is 49.6 cm³/mol. The van der Waals surface area contributed by atoms with E-state index in [4.69, 9.17) is 0 Å². The van der Waals surface area contributed by atoms with Crippen molar-refractivity contribution in [3.05, 3.63) is 16.4 Å². The number of halogens is 1. The molecule has 0 N–H and O–H groups in total. The third-order valence-electron chi connectivity index (χ3n) is 1.59. The molecule has 1 rings (SSSR count). The Balaban J connectivity index is 3.13. The second-order valence-electron chi connectivity index (χ2n) is 3.76. The lowest BCUT2D eigenvalue weighted by atomic mass is 9.90. The molecule has 1 heterocycles. The minimum Gasteiger partial charge on any atom is -0.274 e. The molecule has 0 unspecified atom stereocenters. The van der Waals surface area contributed by atoms with Crippen LogP contribution in [0.1, 0.15) is 26.3 Å². The molecular formula is C8H13BrN2. The third-order valence-corrected chi connectivity index (χ3v) is 2.18. The average molecular weight is 217 g/mol. The van der Waals surface area contributed by atoms with E-state index in [0.717, 1.165) is 4.60 Å². The van der Waals surface area contributed by atoms with Crippen molar-refractivity contribution in [3.8, 4) is 0 Å². The van der Waals surface area contributed by atoms with Crippen molar-refractivity contribution in [2.24, 2.45) is 7.05 Å². The quantitative estimate of drug-likeness (QED) is 0.652. The van der Waals surface area contributed by atoms with Gasteiger partial charge in [0, 0.05) is 18.8 Å². The molecule has 0 spiro atoms. The molecule has 11 heavy (non-hydrogen) atoms. The van der Waals surface area contributed by atoms with Gasteiger partial charge < -0.3 is 0 Å². The Bertz CT molecular complexity index is 258. The standard InChI is InChI=1S/C8H13BrN2/c1-8(2,3)6-5-11(4)10-7(6)9/h5H,1-4H3. The van der Waals surface area contributed by atoms with E-state index in [1.54, 1.807) is 0 Å². The molecule has 3 heteroatoms. The van der Waals surface area contributed by atoms with Crippen LogP contribution in [0.5, 0.6) is 0 Å². The maximum atomic E-state index is 4.21. The van der Waals surface area contributed by atoms with Crippen LogP contribution in [0, 0.1) is 0 Å². The smallest absolute Gasteiger partial charge is 0.131 e. The van der Waals surface area contributed by atoms with Crippen molar-refractivity contribution in [2.75, 3.05) is 0 Å². The molecule has 0 aliphatic rings. The van der Waals surface area contributed by atoms with Gasteiger partial charge in [-0.3, -0.25) is 4.68 Å². The molecule has 62 valence electrons. The maximum absolute atomic E-state index is 4.21. The van der Waals surface area contributed by atoms with Gasteiger partial charge in [0.2, 0.25) is 0 Å². The zero-order valence-corrected chi connectivity index (χ0v) is 8.94. The Labute approximate surface area is 75.7 Å². The van der Waals surface area contributed by atoms with Crippen LogP contribution >= 0.6 is 15.9 Å². The second kappa shape index (κ2) is 2.63. The van der Waals surface area contributed by atoms with Crippen LogP contribution in [0.4, 0.5) is 0 Å². The molecule has 0 bridgehead atoms. The fourth-order valence-electron chi connectivity index (χ4n) is 0.964. The Kier molecular flexibility index (Phi) is 2.10. The normalized spacial score (nSPS) is 12.1. The highest BCUT2D eigenvalue weighted by atomic mass is 79.9. The third kappa shape index (κ3) is 1.83. The molecule has 0 amide bonds. The Morgan fingerprint density at radius 1 is 1.45 bits per heavy atom. The van der Waals surface area contributed by atoms with Gasteiger partial charge in [0.15, 0.2) is 0 Å². The molecule has 0 aromatic carbocycles. The van der Waals surface area contributed by atoms with Gasteiger partial charge in [-0.15, -0.1) is 0 Å². The summed E-state index contributed by atoms with van der Waals surface area (Å²) in [6, 6.07) is 0. The number of aryl methyl sites for hydroxylation is 1. The van der Waals surface area contributed by atoms with Crippen LogP contribution in [-0.2, 0) is 12.5 Å². The summed E-state index contributed by atoms with van der Waals surface area (Å²) in [4.78, 5) is 0. The van der Waals surface area contributed by atoms with E-state index in [-0.39, 0.29) is 5.41 Å². The van der Waals surface area contributed by atoms with Gasteiger partial charge in [0.05, 0.1) is 0 Å². The molecule has 0 fully saturated rings. The van der Waals surface area contributed by atoms with E-state index in [1.165, 1.54) is 5.56 Å². The topological polar surface area (TPSA) is 17.8 Å². The lowest BCUT2D eigenvalue weighted by Crippen LogP contribution is -2.10. The summed E-state index contributed by atoms with van der Waals surface area (Å²) in [6.07, 6.45) is 2.05. The van der Waals surface area contributed by atoms with Gasteiger partial charge in [-0.05, 0) is 21.3 Å². The first-order chi connectivity index (χ1) is 4.91. The summed E-state index contributed by atoms with van der Waals surface area (Å²) >= 11 is 3.42. The van der Waals surface area contributed by atoms with Gasteiger partial charge >= 0.3 is 0 Å². The van der Waals surface area contributed by atoms with Crippen LogP contribution in [0.3, 0.4) is 0 Å². The van der Waals surface area contributed by atoms with Crippen molar-refractivity contribution in [3.63, 3.8) is 0 Å². The highest BCUT2D eigenvalue weighted by molar-refractivity contribution is 9.10. The predicted octanol–water partition coefficient (Wildman–Crippen LogP) is 2.48. The van der Waals surface area contributed by atoms with Gasteiger partial charge in [-0.2, -0.15) is 5.10 Å². The first-order valence-electron chi connectivity index (χ1n) is 3.61. The molecule has 2 nitrogen and oxygen atoms in total. The molecule has 0 saturated carbocycles. The Hall–Kier alpha value is -0.310. The Morgan fingerprint density at radius 2 is 2.00 bits per heavy atom. The van der Waals surface area contributed by atoms with E-state index >= 15 is 0 Å². The molecule has 0 aliphatic carbocycles. The zero-order chi connectivity index (χ0) is 8.65. The van der Waals surface area contributed by atoms with Crippen LogP contribution in [0.2, 0.25) is 0 Å². The first kappa shape index (κ1) is 8.78. The number of rotatable bonds is 0. The fraction of sp³-hybridized carbons (Fsp3) is 0.625. The summed E-state index contributed by atoms with van der Waals surface area (Å²) in [5.41, 5.74) is 1.42. The second-order valence-corrected chi connectivity index (χ2v) is 4.51. The molecule has 0 saturated heterocycles. The molecule has 0 atom stereocenters. The summed E-state index contributed by atoms with van der Waals surface area (Å²) in [5, 5.41) is 4.21. The lowest BCUT2D eigenvalue weighted by Gasteiger charge is -2.15. The molecule has 0 radical (unpaired) electrons. The van der Waals surface area contributed by atoms with Crippen molar-refractivity contribution >= 4 is 15.9 Å². The summed E-state index contributed by atoms with van der Waals surface area (Å²) in [5.74, 6) is 0. The largest absolute Gasteiger partial charge is 0.274 e. The molecule has 0 aliphatic heterocycles. The van der Waals surface area contributed by atoms with Gasteiger partial charge in [0.1, 0.15) is 4.60 Å². The number of hydrogen-bond acceptors (Lipinski definition) is 1. The summed E-state index contributed by atoms with van der Waals surface area (Å²) in [6.45, 7) is 6.53. The number of hydrogen-bond donors (Lipinski definition) is 0. The van der Waals surface area contributed by atoms with E-state index in [2.05, 4.69) is 41.8 Å². The molecular weight excluding hydrogens is 204 g/mol. The minimum atomic E-state index is 0.174. The maximum Gasteiger partial charge on any atom is 0.131 e. The molecule has 1 aromatic heterocycles. The highest BCUT2D eigenvalue weighted by Gasteiger charge is 2.19. The monoisotopic (exact) mass is 216 g/mol. The van der Waals surface area contributed by atoms with Crippen molar-refractivity contribution in [1.29, 1.82) is 0 Å². The van der Waals surface area contributed by atoms with E-state index < -0.39 is 0 Å². The highest BCUT2D eigenvalue weighted by Crippen LogP contribution is 2.27. The SMILES string of the molecule is Cn1cc(C(C)(C)C)c(Br)n1. The summed E-state index contributed by atoms with van der Waals surface area (Å²) in [7, 11) is 1.93. The van der Waals surface area contributed by atoms with Crippen molar-refractivity contribution in [2.45, 2.75) is 26.2 Å². The van der Waals surface area contributed by atoms with Crippen molar-refractivity contribution in [1.82, 2.24) is 9.78 Å². The summed E-state index contributed by atoms with van der Waals surface area (Å²) < 4.78 is 2.78. The number of nitrogens with zero attached hydrogens (tertiary/aromatic N) is 2. The molecule has 1 aromatic rings. The van der Waals surface area contributed by atoms with E-state index in [0.29, 0.717) is 0 Å².